The molecule has 0 bridgehead atoms. The molecule has 0 spiro atoms. The van der Waals surface area contributed by atoms with E-state index in [1.165, 1.54) is 4.80 Å². The average Bonchev–Trinajstić information content (AvgIpc) is 3.19. The van der Waals surface area contributed by atoms with E-state index in [1.54, 1.807) is 25.6 Å². The van der Waals surface area contributed by atoms with Crippen LogP contribution in [-0.4, -0.2) is 37.3 Å². The Hall–Kier alpha value is -3.81. The Morgan fingerprint density at radius 2 is 1.89 bits per heavy atom. The lowest BCUT2D eigenvalue weighted by atomic mass is 10.0. The van der Waals surface area contributed by atoms with Gasteiger partial charge in [0.05, 0.1) is 24.2 Å². The van der Waals surface area contributed by atoms with Crippen molar-refractivity contribution in [2.45, 2.75) is 6.92 Å². The van der Waals surface area contributed by atoms with E-state index in [1.807, 2.05) is 43.3 Å². The van der Waals surface area contributed by atoms with Gasteiger partial charge >= 0.3 is 0 Å². The molecule has 0 radical (unpaired) electrons. The molecule has 134 valence electrons. The van der Waals surface area contributed by atoms with Crippen molar-refractivity contribution in [3.8, 4) is 34.2 Å². The lowest BCUT2D eigenvalue weighted by molar-refractivity contribution is 0.415. The number of nitrogen functional groups attached to an aromatic ring is 1. The molecule has 0 fully saturated rings. The Balaban J connectivity index is 1.79. The molecule has 3 aromatic heterocycles. The molecule has 0 saturated heterocycles. The fourth-order valence-electron chi connectivity index (χ4n) is 2.86. The first-order chi connectivity index (χ1) is 13.2. The van der Waals surface area contributed by atoms with E-state index in [4.69, 9.17) is 10.5 Å². The number of tetrazole rings is 1. The summed E-state index contributed by atoms with van der Waals surface area (Å²) in [5.41, 5.74) is 10.5. The second-order valence-electron chi connectivity index (χ2n) is 5.90. The summed E-state index contributed by atoms with van der Waals surface area (Å²) in [5, 5.41) is 12.7. The number of rotatable bonds is 4. The Kier molecular flexibility index (Phi) is 4.21. The van der Waals surface area contributed by atoms with Gasteiger partial charge in [-0.3, -0.25) is 9.97 Å². The van der Waals surface area contributed by atoms with Crippen LogP contribution < -0.4 is 10.5 Å². The van der Waals surface area contributed by atoms with Crippen molar-refractivity contribution < 1.29 is 4.74 Å². The molecule has 0 aliphatic rings. The van der Waals surface area contributed by atoms with Crippen LogP contribution >= 0.6 is 0 Å². The van der Waals surface area contributed by atoms with Crippen molar-refractivity contribution in [3.63, 3.8) is 0 Å². The smallest absolute Gasteiger partial charge is 0.223 e. The van der Waals surface area contributed by atoms with E-state index in [9.17, 15) is 0 Å². The molecule has 0 atom stereocenters. The normalized spacial score (nSPS) is 10.7. The Morgan fingerprint density at radius 1 is 1.04 bits per heavy atom. The monoisotopic (exact) mass is 359 g/mol. The number of aryl methyl sites for hydroxylation is 1. The van der Waals surface area contributed by atoms with Crippen LogP contribution in [0.3, 0.4) is 0 Å². The molecule has 0 saturated carbocycles. The minimum atomic E-state index is 0.449. The average molecular weight is 359 g/mol. The number of hydrogen-bond donors (Lipinski definition) is 1. The second-order valence-corrected chi connectivity index (χ2v) is 5.90. The van der Waals surface area contributed by atoms with Crippen molar-refractivity contribution in [2.75, 3.05) is 12.8 Å². The zero-order chi connectivity index (χ0) is 18.8. The summed E-state index contributed by atoms with van der Waals surface area (Å²) >= 11 is 0. The molecular weight excluding hydrogens is 342 g/mol. The maximum absolute atomic E-state index is 6.10. The Morgan fingerprint density at radius 3 is 2.63 bits per heavy atom. The van der Waals surface area contributed by atoms with Crippen LogP contribution in [0.15, 0.2) is 54.9 Å². The van der Waals surface area contributed by atoms with Crippen molar-refractivity contribution in [1.29, 1.82) is 0 Å². The molecule has 0 unspecified atom stereocenters. The number of nitrogens with zero attached hydrogens (tertiary/aromatic N) is 6. The van der Waals surface area contributed by atoms with Gasteiger partial charge in [0.15, 0.2) is 0 Å². The number of methoxy groups -OCH3 is 1. The third kappa shape index (κ3) is 3.08. The maximum atomic E-state index is 6.10. The third-order valence-electron chi connectivity index (χ3n) is 4.12. The Bertz CT molecular complexity index is 1090. The van der Waals surface area contributed by atoms with Gasteiger partial charge in [0, 0.05) is 24.0 Å². The number of pyridine rings is 2. The molecule has 0 aliphatic heterocycles. The fraction of sp³-hybridized carbons (Fsp3) is 0.105. The molecule has 0 aliphatic carbocycles. The summed E-state index contributed by atoms with van der Waals surface area (Å²) in [6.07, 6.45) is 3.39. The van der Waals surface area contributed by atoms with Gasteiger partial charge in [-0.15, -0.1) is 15.0 Å². The number of anilines is 1. The van der Waals surface area contributed by atoms with E-state index in [0.29, 0.717) is 28.6 Å². The topological polar surface area (TPSA) is 105 Å². The molecule has 27 heavy (non-hydrogen) atoms. The standard InChI is InChI=1S/C19H17N7O/c1-12-10-13(26-24-19(23-25-26)15-7-3-4-8-21-15)11-16(27-2)17(12)18-14(20)6-5-9-22-18/h3-11H,20H2,1-2H3. The quantitative estimate of drug-likeness (QED) is 0.597. The van der Waals surface area contributed by atoms with E-state index >= 15 is 0 Å². The zero-order valence-electron chi connectivity index (χ0n) is 14.9. The summed E-state index contributed by atoms with van der Waals surface area (Å²) in [7, 11) is 1.61. The minimum Gasteiger partial charge on any atom is -0.496 e. The van der Waals surface area contributed by atoms with Gasteiger partial charge in [-0.05, 0) is 48.0 Å². The largest absolute Gasteiger partial charge is 0.496 e. The summed E-state index contributed by atoms with van der Waals surface area (Å²) in [4.78, 5) is 10.1. The van der Waals surface area contributed by atoms with Crippen LogP contribution in [0.25, 0.3) is 28.5 Å². The number of hydrogen-bond acceptors (Lipinski definition) is 7. The van der Waals surface area contributed by atoms with E-state index in [-0.39, 0.29) is 0 Å². The van der Waals surface area contributed by atoms with Crippen LogP contribution in [0, 0.1) is 6.92 Å². The minimum absolute atomic E-state index is 0.449. The summed E-state index contributed by atoms with van der Waals surface area (Å²) < 4.78 is 5.59. The number of ether oxygens (including phenoxy) is 1. The summed E-state index contributed by atoms with van der Waals surface area (Å²) in [6, 6.07) is 12.9. The van der Waals surface area contributed by atoms with E-state index < -0.39 is 0 Å². The van der Waals surface area contributed by atoms with E-state index in [2.05, 4.69) is 25.4 Å². The molecular formula is C19H17N7O. The third-order valence-corrected chi connectivity index (χ3v) is 4.12. The maximum Gasteiger partial charge on any atom is 0.223 e. The van der Waals surface area contributed by atoms with Gasteiger partial charge in [-0.2, -0.15) is 0 Å². The van der Waals surface area contributed by atoms with Gasteiger partial charge in [-0.1, -0.05) is 6.07 Å². The van der Waals surface area contributed by atoms with Crippen molar-refractivity contribution in [2.24, 2.45) is 0 Å². The molecule has 1 aromatic carbocycles. The zero-order valence-corrected chi connectivity index (χ0v) is 14.9. The lowest BCUT2D eigenvalue weighted by Crippen LogP contribution is -2.03. The highest BCUT2D eigenvalue weighted by Crippen LogP contribution is 2.36. The summed E-state index contributed by atoms with van der Waals surface area (Å²) in [6.45, 7) is 1.96. The van der Waals surface area contributed by atoms with Crippen molar-refractivity contribution in [3.05, 3.63) is 60.4 Å². The predicted octanol–water partition coefficient (Wildman–Crippen LogP) is 2.69. The molecule has 2 N–H and O–H groups in total. The van der Waals surface area contributed by atoms with Crippen LogP contribution in [0.1, 0.15) is 5.56 Å². The van der Waals surface area contributed by atoms with Crippen molar-refractivity contribution in [1.82, 2.24) is 30.2 Å². The first-order valence-electron chi connectivity index (χ1n) is 8.28. The number of benzene rings is 1. The number of nitrogens with two attached hydrogens (primary N) is 1. The number of aromatic nitrogens is 6. The van der Waals surface area contributed by atoms with Gasteiger partial charge in [0.2, 0.25) is 5.82 Å². The van der Waals surface area contributed by atoms with Crippen molar-refractivity contribution >= 4 is 5.69 Å². The first kappa shape index (κ1) is 16.6. The molecule has 3 heterocycles. The highest BCUT2D eigenvalue weighted by molar-refractivity contribution is 5.80. The van der Waals surface area contributed by atoms with Gasteiger partial charge in [0.25, 0.3) is 0 Å². The molecule has 4 rings (SSSR count). The molecule has 4 aromatic rings. The first-order valence-corrected chi connectivity index (χ1v) is 8.28. The highest BCUT2D eigenvalue weighted by Gasteiger charge is 2.17. The predicted molar refractivity (Wildman–Crippen MR) is 101 cm³/mol. The van der Waals surface area contributed by atoms with Gasteiger partial charge in [0.1, 0.15) is 11.4 Å². The Labute approximate surface area is 155 Å². The van der Waals surface area contributed by atoms with E-state index in [0.717, 1.165) is 16.8 Å². The molecule has 8 nitrogen and oxygen atoms in total. The van der Waals surface area contributed by atoms with Gasteiger partial charge in [-0.25, -0.2) is 0 Å². The van der Waals surface area contributed by atoms with Crippen LogP contribution in [0.5, 0.6) is 5.75 Å². The summed E-state index contributed by atoms with van der Waals surface area (Å²) in [5.74, 6) is 1.08. The highest BCUT2D eigenvalue weighted by atomic mass is 16.5. The second kappa shape index (κ2) is 6.83. The van der Waals surface area contributed by atoms with Crippen LogP contribution in [0.4, 0.5) is 5.69 Å². The van der Waals surface area contributed by atoms with Gasteiger partial charge < -0.3 is 10.5 Å². The SMILES string of the molecule is COc1cc(-n2nnc(-c3ccccn3)n2)cc(C)c1-c1ncccc1N. The van der Waals surface area contributed by atoms with Crippen LogP contribution in [0.2, 0.25) is 0 Å². The lowest BCUT2D eigenvalue weighted by Gasteiger charge is -2.14. The fourth-order valence-corrected chi connectivity index (χ4v) is 2.86. The van der Waals surface area contributed by atoms with Crippen LogP contribution in [-0.2, 0) is 0 Å². The molecule has 0 amide bonds. The molecule has 8 heteroatoms.